The zero-order valence-electron chi connectivity index (χ0n) is 28.5. The van der Waals surface area contributed by atoms with Crippen LogP contribution in [0.4, 0.5) is 0 Å². The number of ketones is 3. The van der Waals surface area contributed by atoms with E-state index in [2.05, 4.69) is 10.2 Å². The molecule has 4 rings (SSSR count). The monoisotopic (exact) mass is 647 g/mol. The van der Waals surface area contributed by atoms with E-state index in [1.807, 2.05) is 41.5 Å². The Hall–Kier alpha value is -4.58. The molecule has 0 spiro atoms. The summed E-state index contributed by atoms with van der Waals surface area (Å²) in [6.07, 6.45) is 0.511. The van der Waals surface area contributed by atoms with Crippen LogP contribution in [0.1, 0.15) is 68.9 Å². The molecule has 47 heavy (non-hydrogen) atoms. The maximum atomic E-state index is 13.5. The van der Waals surface area contributed by atoms with Gasteiger partial charge in [0.05, 0.1) is 25.3 Å². The van der Waals surface area contributed by atoms with Gasteiger partial charge < -0.3 is 19.1 Å². The molecule has 0 radical (unpaired) electrons. The fraction of sp³-hybridized carbons (Fsp3) is 0.486. The van der Waals surface area contributed by atoms with Crippen molar-refractivity contribution >= 4 is 45.1 Å². The van der Waals surface area contributed by atoms with Crippen LogP contribution in [-0.2, 0) is 27.4 Å². The molecule has 2 aromatic heterocycles. The summed E-state index contributed by atoms with van der Waals surface area (Å²) >= 11 is 0. The van der Waals surface area contributed by atoms with E-state index in [1.54, 1.807) is 60.2 Å². The van der Waals surface area contributed by atoms with Crippen molar-refractivity contribution in [2.45, 2.75) is 67.1 Å². The average Bonchev–Trinajstić information content (AvgIpc) is 3.58. The topological polar surface area (TPSA) is 135 Å². The smallest absolute Gasteiger partial charge is 0.244 e. The zero-order valence-corrected chi connectivity index (χ0v) is 28.5. The van der Waals surface area contributed by atoms with Gasteiger partial charge in [-0.05, 0) is 44.5 Å². The summed E-state index contributed by atoms with van der Waals surface area (Å²) in [4.78, 5) is 53.8. The van der Waals surface area contributed by atoms with Gasteiger partial charge in [-0.25, -0.2) is 0 Å². The fourth-order valence-electron chi connectivity index (χ4n) is 5.34. The van der Waals surface area contributed by atoms with Crippen molar-refractivity contribution in [3.63, 3.8) is 0 Å². The Morgan fingerprint density at radius 1 is 0.745 bits per heavy atom. The molecule has 252 valence electrons. The van der Waals surface area contributed by atoms with Crippen molar-refractivity contribution in [1.82, 2.24) is 24.5 Å². The van der Waals surface area contributed by atoms with E-state index in [9.17, 15) is 19.2 Å². The summed E-state index contributed by atoms with van der Waals surface area (Å²) in [5.74, 6) is 0.166. The minimum absolute atomic E-state index is 0.0452. The van der Waals surface area contributed by atoms with Crippen molar-refractivity contribution in [2.24, 2.45) is 11.8 Å². The molecule has 12 heteroatoms. The molecule has 2 aromatic carbocycles. The second kappa shape index (κ2) is 15.3. The first kappa shape index (κ1) is 35.3. The second-order valence-corrected chi connectivity index (χ2v) is 12.4. The molecule has 4 aromatic rings. The van der Waals surface area contributed by atoms with Crippen LogP contribution in [-0.4, -0.2) is 87.7 Å². The van der Waals surface area contributed by atoms with Crippen LogP contribution in [0.5, 0.6) is 11.5 Å². The number of Topliss-reactive ketones (excluding diaryl/α,β-unsaturated/α-hetero) is 3. The fourth-order valence-corrected chi connectivity index (χ4v) is 5.34. The molecule has 0 aliphatic carbocycles. The van der Waals surface area contributed by atoms with Gasteiger partial charge in [-0.2, -0.15) is 10.2 Å². The van der Waals surface area contributed by atoms with Crippen molar-refractivity contribution < 1.29 is 33.4 Å². The quantitative estimate of drug-likeness (QED) is 0.115. The molecule has 1 amide bonds. The van der Waals surface area contributed by atoms with Crippen LogP contribution in [0.2, 0.25) is 0 Å². The van der Waals surface area contributed by atoms with Crippen LogP contribution in [0.3, 0.4) is 0 Å². The predicted octanol–water partition coefficient (Wildman–Crippen LogP) is 4.99. The number of carbonyl (C=O) groups is 4. The van der Waals surface area contributed by atoms with Gasteiger partial charge in [0, 0.05) is 53.9 Å². The van der Waals surface area contributed by atoms with Crippen LogP contribution in [0.25, 0.3) is 21.8 Å². The summed E-state index contributed by atoms with van der Waals surface area (Å²) in [6, 6.07) is 10.6. The molecule has 0 bridgehead atoms. The van der Waals surface area contributed by atoms with E-state index in [0.717, 1.165) is 0 Å². The molecule has 0 aliphatic heterocycles. The largest absolute Gasteiger partial charge is 0.497 e. The second-order valence-electron chi connectivity index (χ2n) is 12.4. The molecule has 0 fully saturated rings. The summed E-state index contributed by atoms with van der Waals surface area (Å²) in [5, 5.41) is 10.4. The SMILES string of the molecule is COc1ccc2c(C(=O)C(C)C)nn(CC(=O)COCCCN(C(=O)Cn3nc(C(=O)C(C)C)c4ccc(OC)cc43)C(C)C)c2c1. The van der Waals surface area contributed by atoms with Crippen molar-refractivity contribution in [1.29, 1.82) is 0 Å². The highest BCUT2D eigenvalue weighted by Gasteiger charge is 2.24. The van der Waals surface area contributed by atoms with Crippen molar-refractivity contribution in [3.05, 3.63) is 47.8 Å². The van der Waals surface area contributed by atoms with E-state index >= 15 is 0 Å². The number of carbonyl (C=O) groups excluding carboxylic acids is 4. The Morgan fingerprint density at radius 2 is 1.23 bits per heavy atom. The lowest BCUT2D eigenvalue weighted by molar-refractivity contribution is -0.134. The lowest BCUT2D eigenvalue weighted by atomic mass is 10.0. The van der Waals surface area contributed by atoms with Gasteiger partial charge in [0.2, 0.25) is 5.91 Å². The first-order valence-electron chi connectivity index (χ1n) is 15.9. The number of aromatic nitrogens is 4. The van der Waals surface area contributed by atoms with Crippen molar-refractivity contribution in [3.8, 4) is 11.5 Å². The zero-order chi connectivity index (χ0) is 34.4. The number of benzene rings is 2. The van der Waals surface area contributed by atoms with E-state index in [4.69, 9.17) is 14.2 Å². The summed E-state index contributed by atoms with van der Waals surface area (Å²) in [6.45, 7) is 11.6. The standard InChI is InChI=1S/C35H45N5O7/c1-21(2)34(43)32-27-12-10-25(45-7)16-29(27)39(36-32)18-24(41)20-47-15-9-14-38(23(5)6)31(42)19-40-30-17-26(46-8)11-13-28(30)33(37-40)35(44)22(3)4/h10-13,16-17,21-23H,9,14-15,18-20H2,1-8H3. The van der Waals surface area contributed by atoms with Gasteiger partial charge in [-0.3, -0.25) is 28.5 Å². The molecule has 0 saturated heterocycles. The Bertz CT molecular complexity index is 1770. The number of fused-ring (bicyclic) bond motifs is 2. The number of amides is 1. The molecule has 0 saturated carbocycles. The third-order valence-electron chi connectivity index (χ3n) is 7.94. The number of ether oxygens (including phenoxy) is 3. The van der Waals surface area contributed by atoms with Crippen molar-refractivity contribution in [2.75, 3.05) is 34.0 Å². The normalized spacial score (nSPS) is 11.6. The molecular weight excluding hydrogens is 602 g/mol. The van der Waals surface area contributed by atoms with Gasteiger partial charge in [-0.1, -0.05) is 27.7 Å². The summed E-state index contributed by atoms with van der Waals surface area (Å²) < 4.78 is 19.5. The molecule has 2 heterocycles. The first-order chi connectivity index (χ1) is 22.4. The maximum Gasteiger partial charge on any atom is 0.244 e. The average molecular weight is 648 g/mol. The van der Waals surface area contributed by atoms with Gasteiger partial charge in [0.25, 0.3) is 0 Å². The highest BCUT2D eigenvalue weighted by molar-refractivity contribution is 6.08. The molecule has 0 N–H and O–H groups in total. The van der Waals surface area contributed by atoms with Gasteiger partial charge >= 0.3 is 0 Å². The summed E-state index contributed by atoms with van der Waals surface area (Å²) in [7, 11) is 3.11. The van der Waals surface area contributed by atoms with Crippen LogP contribution in [0, 0.1) is 11.8 Å². The van der Waals surface area contributed by atoms with E-state index in [0.29, 0.717) is 57.7 Å². The third-order valence-corrected chi connectivity index (χ3v) is 7.94. The summed E-state index contributed by atoms with van der Waals surface area (Å²) in [5.41, 5.74) is 1.95. The lowest BCUT2D eigenvalue weighted by Crippen LogP contribution is -2.40. The number of rotatable bonds is 17. The first-order valence-corrected chi connectivity index (χ1v) is 15.9. The molecule has 12 nitrogen and oxygen atoms in total. The van der Waals surface area contributed by atoms with Gasteiger partial charge in [0.15, 0.2) is 17.3 Å². The Labute approximate surface area is 274 Å². The molecule has 0 unspecified atom stereocenters. The van der Waals surface area contributed by atoms with E-state index in [1.165, 1.54) is 4.68 Å². The third kappa shape index (κ3) is 8.05. The van der Waals surface area contributed by atoms with Crippen LogP contribution in [0.15, 0.2) is 36.4 Å². The van der Waals surface area contributed by atoms with E-state index < -0.39 is 0 Å². The Morgan fingerprint density at radius 3 is 1.68 bits per heavy atom. The number of hydrogen-bond acceptors (Lipinski definition) is 9. The van der Waals surface area contributed by atoms with Crippen LogP contribution >= 0.6 is 0 Å². The lowest BCUT2D eigenvalue weighted by Gasteiger charge is -2.27. The highest BCUT2D eigenvalue weighted by Crippen LogP contribution is 2.27. The highest BCUT2D eigenvalue weighted by atomic mass is 16.5. The molecular formula is C35H45N5O7. The van der Waals surface area contributed by atoms with Gasteiger partial charge in [-0.15, -0.1) is 0 Å². The maximum absolute atomic E-state index is 13.5. The Kier molecular flexibility index (Phi) is 11.5. The van der Waals surface area contributed by atoms with E-state index in [-0.39, 0.29) is 67.4 Å². The number of methoxy groups -OCH3 is 2. The number of hydrogen-bond donors (Lipinski definition) is 0. The molecule has 0 atom stereocenters. The minimum atomic E-state index is -0.243. The van der Waals surface area contributed by atoms with Gasteiger partial charge in [0.1, 0.15) is 42.6 Å². The molecule has 0 aliphatic rings. The Balaban J connectivity index is 1.36. The van der Waals surface area contributed by atoms with Crippen LogP contribution < -0.4 is 9.47 Å². The minimum Gasteiger partial charge on any atom is -0.497 e. The predicted molar refractivity (Wildman–Crippen MR) is 178 cm³/mol. The number of nitrogens with zero attached hydrogens (tertiary/aromatic N) is 5.